The van der Waals surface area contributed by atoms with E-state index in [1.165, 1.54) is 0 Å². The zero-order chi connectivity index (χ0) is 9.62. The molecule has 72 valence electrons. The molecule has 12 heavy (non-hydrogen) atoms. The first kappa shape index (κ1) is 12.5. The van der Waals surface area contributed by atoms with Gasteiger partial charge in [-0.05, 0) is 17.0 Å². The Labute approximate surface area is 103 Å². The Kier molecular flexibility index (Phi) is 3.90. The lowest BCUT2D eigenvalue weighted by Gasteiger charge is -2.35. The van der Waals surface area contributed by atoms with Crippen LogP contribution in [0.3, 0.4) is 0 Å². The molecule has 1 heterocycles. The second-order valence-corrected chi connectivity index (χ2v) is 27.2. The quantitative estimate of drug-likeness (QED) is 0.454. The summed E-state index contributed by atoms with van der Waals surface area (Å²) >= 11 is 36.5. The first-order valence-electron chi connectivity index (χ1n) is 3.26. The van der Waals surface area contributed by atoms with Crippen LogP contribution in [0.4, 0.5) is 0 Å². The largest absolute Gasteiger partial charge is 0.250 e. The van der Waals surface area contributed by atoms with E-state index >= 15 is 0 Å². The topological polar surface area (TPSA) is 0 Å². The first-order chi connectivity index (χ1) is 5.12. The maximum atomic E-state index is 6.08. The van der Waals surface area contributed by atoms with Crippen LogP contribution >= 0.6 is 66.5 Å². The van der Waals surface area contributed by atoms with Gasteiger partial charge in [0.1, 0.15) is 0 Å². The molecule has 1 fully saturated rings. The molecule has 0 aliphatic carbocycles. The van der Waals surface area contributed by atoms with Crippen molar-refractivity contribution in [2.45, 2.75) is 17.0 Å². The number of halogens is 6. The molecule has 0 unspecified atom stereocenters. The van der Waals surface area contributed by atoms with Crippen LogP contribution in [0.5, 0.6) is 0 Å². The van der Waals surface area contributed by atoms with E-state index in [1.807, 2.05) is 0 Å². The van der Waals surface area contributed by atoms with Gasteiger partial charge in [-0.2, -0.15) is 0 Å². The molecule has 0 aromatic carbocycles. The van der Waals surface area contributed by atoms with Gasteiger partial charge in [-0.1, -0.05) is 0 Å². The van der Waals surface area contributed by atoms with Crippen LogP contribution in [0.15, 0.2) is 0 Å². The number of rotatable bonds is 0. The predicted molar refractivity (Wildman–Crippen MR) is 66.8 cm³/mol. The molecule has 1 saturated heterocycles. The van der Waals surface area contributed by atoms with E-state index in [0.29, 0.717) is 17.0 Å². The summed E-state index contributed by atoms with van der Waals surface area (Å²) in [5.74, 6) is 0. The molecule has 0 N–H and O–H groups in total. The fourth-order valence-electron chi connectivity index (χ4n) is 1.32. The molecule has 1 aliphatic rings. The van der Waals surface area contributed by atoms with Gasteiger partial charge < -0.3 is 0 Å². The van der Waals surface area contributed by atoms with Crippen molar-refractivity contribution in [3.8, 4) is 0 Å². The Balaban J connectivity index is 2.81. The highest BCUT2D eigenvalue weighted by atomic mass is 35.7. The van der Waals surface area contributed by atoms with Crippen molar-refractivity contribution in [3.63, 3.8) is 0 Å². The third kappa shape index (κ3) is 3.87. The van der Waals surface area contributed by atoms with Crippen LogP contribution in [0, 0.1) is 0 Å². The standard InChI is InChI=1S/C3H6Cl6Si3/c4-10(5)1-11(6,7)3-12(8,9)2-10/h1-3H2. The van der Waals surface area contributed by atoms with E-state index in [2.05, 4.69) is 0 Å². The van der Waals surface area contributed by atoms with E-state index in [4.69, 9.17) is 66.5 Å². The zero-order valence-electron chi connectivity index (χ0n) is 5.89. The van der Waals surface area contributed by atoms with Gasteiger partial charge in [-0.3, -0.25) is 0 Å². The summed E-state index contributed by atoms with van der Waals surface area (Å²) < 4.78 is 0. The van der Waals surface area contributed by atoms with Gasteiger partial charge in [0.2, 0.25) is 0 Å². The monoisotopic (exact) mass is 336 g/mol. The second-order valence-electron chi connectivity index (χ2n) is 3.10. The highest BCUT2D eigenvalue weighted by Crippen LogP contribution is 2.50. The molecule has 0 amide bonds. The molecular weight excluding hydrogens is 333 g/mol. The fraction of sp³-hybridized carbons (Fsp3) is 1.00. The number of hydrogen-bond acceptors (Lipinski definition) is 0. The van der Waals surface area contributed by atoms with E-state index < -0.39 is 20.1 Å². The van der Waals surface area contributed by atoms with Gasteiger partial charge in [0.05, 0.1) is 0 Å². The van der Waals surface area contributed by atoms with Crippen molar-refractivity contribution < 1.29 is 0 Å². The van der Waals surface area contributed by atoms with E-state index in [-0.39, 0.29) is 0 Å². The Bertz CT molecular complexity index is 145. The minimum Gasteiger partial charge on any atom is -0.146 e. The van der Waals surface area contributed by atoms with Crippen molar-refractivity contribution in [2.75, 3.05) is 0 Å². The highest BCUT2D eigenvalue weighted by molar-refractivity contribution is 7.67. The van der Waals surface area contributed by atoms with Gasteiger partial charge in [-0.25, -0.2) is 0 Å². The summed E-state index contributed by atoms with van der Waals surface area (Å²) in [5.41, 5.74) is 1.75. The van der Waals surface area contributed by atoms with Crippen LogP contribution in [-0.4, -0.2) is 20.1 Å². The Morgan fingerprint density at radius 3 is 0.833 bits per heavy atom. The Morgan fingerprint density at radius 1 is 0.500 bits per heavy atom. The van der Waals surface area contributed by atoms with Crippen molar-refractivity contribution in [2.24, 2.45) is 0 Å². The minimum atomic E-state index is -2.32. The average molecular weight is 339 g/mol. The van der Waals surface area contributed by atoms with E-state index in [0.717, 1.165) is 0 Å². The normalized spacial score (nSPS) is 31.5. The average Bonchev–Trinajstić information content (AvgIpc) is 1.44. The summed E-state index contributed by atoms with van der Waals surface area (Å²) in [6, 6.07) is 0. The molecule has 0 aromatic rings. The SMILES string of the molecule is Cl[Si]1(Cl)C[Si](Cl)(Cl)C[Si](Cl)(Cl)C1. The lowest BCUT2D eigenvalue weighted by atomic mass is 11.8. The number of hydrogen-bond donors (Lipinski definition) is 0. The van der Waals surface area contributed by atoms with E-state index in [1.54, 1.807) is 0 Å². The Hall–Kier alpha value is 2.39. The zero-order valence-corrected chi connectivity index (χ0v) is 13.4. The molecule has 0 bridgehead atoms. The van der Waals surface area contributed by atoms with E-state index in [9.17, 15) is 0 Å². The van der Waals surface area contributed by atoms with Crippen LogP contribution in [0.1, 0.15) is 0 Å². The van der Waals surface area contributed by atoms with Gasteiger partial charge >= 0.3 is 0 Å². The minimum absolute atomic E-state index is 0.584. The summed E-state index contributed by atoms with van der Waals surface area (Å²) in [4.78, 5) is 0. The maximum Gasteiger partial charge on any atom is 0.250 e. The molecule has 0 atom stereocenters. The van der Waals surface area contributed by atoms with Gasteiger partial charge in [0.15, 0.2) is 0 Å². The fourth-order valence-corrected chi connectivity index (χ4v) is 47.3. The molecular formula is C3H6Cl6Si3. The molecule has 0 aromatic heterocycles. The van der Waals surface area contributed by atoms with Crippen LogP contribution in [-0.2, 0) is 0 Å². The third-order valence-electron chi connectivity index (χ3n) is 1.55. The summed E-state index contributed by atoms with van der Waals surface area (Å²) in [6.45, 7) is -6.96. The van der Waals surface area contributed by atoms with Crippen LogP contribution in [0.25, 0.3) is 0 Å². The lowest BCUT2D eigenvalue weighted by molar-refractivity contribution is 1.61. The van der Waals surface area contributed by atoms with Crippen LogP contribution in [0.2, 0.25) is 17.0 Å². The summed E-state index contributed by atoms with van der Waals surface area (Å²) in [6.07, 6.45) is 0. The molecule has 0 saturated carbocycles. The van der Waals surface area contributed by atoms with Gasteiger partial charge in [-0.15, -0.1) is 66.5 Å². The smallest absolute Gasteiger partial charge is 0.146 e. The van der Waals surface area contributed by atoms with Gasteiger partial charge in [0, 0.05) is 0 Å². The molecule has 1 aliphatic heterocycles. The molecule has 0 radical (unpaired) electrons. The van der Waals surface area contributed by atoms with Crippen molar-refractivity contribution in [3.05, 3.63) is 0 Å². The molecule has 9 heteroatoms. The molecule has 0 nitrogen and oxygen atoms in total. The maximum absolute atomic E-state index is 6.08. The predicted octanol–water partition coefficient (Wildman–Crippen LogP) is 4.38. The van der Waals surface area contributed by atoms with Crippen molar-refractivity contribution in [1.29, 1.82) is 0 Å². The highest BCUT2D eigenvalue weighted by Gasteiger charge is 2.56. The third-order valence-corrected chi connectivity index (χ3v) is 28.4. The van der Waals surface area contributed by atoms with Crippen LogP contribution < -0.4 is 0 Å². The summed E-state index contributed by atoms with van der Waals surface area (Å²) in [7, 11) is 0. The molecule has 0 spiro atoms. The molecule has 1 rings (SSSR count). The lowest BCUT2D eigenvalue weighted by Crippen LogP contribution is -2.49. The van der Waals surface area contributed by atoms with Crippen molar-refractivity contribution >= 4 is 86.6 Å². The Morgan fingerprint density at radius 2 is 0.667 bits per heavy atom. The van der Waals surface area contributed by atoms with Crippen molar-refractivity contribution in [1.82, 2.24) is 0 Å². The second kappa shape index (κ2) is 3.76. The summed E-state index contributed by atoms with van der Waals surface area (Å²) in [5, 5.41) is 0. The van der Waals surface area contributed by atoms with Gasteiger partial charge in [0.25, 0.3) is 20.1 Å². The first-order valence-corrected chi connectivity index (χ1v) is 16.6.